The van der Waals surface area contributed by atoms with Gasteiger partial charge in [-0.2, -0.15) is 0 Å². The fraction of sp³-hybridized carbons (Fsp3) is 0.250. The molecule has 3 rings (SSSR count). The van der Waals surface area contributed by atoms with Crippen molar-refractivity contribution in [1.82, 2.24) is 4.90 Å². The third-order valence-corrected chi connectivity index (χ3v) is 4.25. The Labute approximate surface area is 150 Å². The molecule has 0 N–H and O–H groups in total. The van der Waals surface area contributed by atoms with Crippen LogP contribution in [0.3, 0.4) is 0 Å². The van der Waals surface area contributed by atoms with E-state index in [4.69, 9.17) is 4.74 Å². The number of carbonyl (C=O) groups excluding carboxylic acids is 3. The molecule has 0 aromatic heterocycles. The summed E-state index contributed by atoms with van der Waals surface area (Å²) in [7, 11) is 0. The molecule has 1 aliphatic rings. The largest absolute Gasteiger partial charge is 0.461 e. The van der Waals surface area contributed by atoms with Gasteiger partial charge < -0.3 is 4.74 Å². The monoisotopic (exact) mass is 355 g/mol. The summed E-state index contributed by atoms with van der Waals surface area (Å²) in [5, 5.41) is 0. The van der Waals surface area contributed by atoms with Gasteiger partial charge in [0, 0.05) is 0 Å². The van der Waals surface area contributed by atoms with E-state index >= 15 is 0 Å². The molecule has 0 radical (unpaired) electrons. The number of carbonyl (C=O) groups is 3. The first kappa shape index (κ1) is 17.8. The second-order valence-corrected chi connectivity index (χ2v) is 6.19. The van der Waals surface area contributed by atoms with E-state index in [9.17, 15) is 18.8 Å². The predicted molar refractivity (Wildman–Crippen MR) is 92.3 cm³/mol. The molecule has 0 aliphatic carbocycles. The highest BCUT2D eigenvalue weighted by Crippen LogP contribution is 2.26. The third-order valence-electron chi connectivity index (χ3n) is 4.25. The number of ether oxygens (including phenoxy) is 1. The van der Waals surface area contributed by atoms with Crippen molar-refractivity contribution in [2.45, 2.75) is 26.0 Å². The number of esters is 1. The molecule has 26 heavy (non-hydrogen) atoms. The molecule has 0 saturated heterocycles. The minimum Gasteiger partial charge on any atom is -0.461 e. The molecule has 0 fully saturated rings. The lowest BCUT2D eigenvalue weighted by atomic mass is 10.1. The smallest absolute Gasteiger partial charge is 0.308 e. The SMILES string of the molecule is Cc1cccc(COC(=O)C[C@@H](CF)N2C(=O)c3ccccc3C2=O)c1. The number of nitrogens with zero attached hydrogens (tertiary/aromatic N) is 1. The van der Waals surface area contributed by atoms with Crippen LogP contribution in [0.4, 0.5) is 4.39 Å². The first-order valence-corrected chi connectivity index (χ1v) is 8.25. The van der Waals surface area contributed by atoms with Crippen molar-refractivity contribution in [1.29, 1.82) is 0 Å². The minimum atomic E-state index is -1.17. The quantitative estimate of drug-likeness (QED) is 0.590. The van der Waals surface area contributed by atoms with Gasteiger partial charge in [-0.15, -0.1) is 0 Å². The summed E-state index contributed by atoms with van der Waals surface area (Å²) >= 11 is 0. The molecular weight excluding hydrogens is 337 g/mol. The molecule has 1 atom stereocenters. The average molecular weight is 355 g/mol. The molecule has 134 valence electrons. The van der Waals surface area contributed by atoms with Crippen LogP contribution >= 0.6 is 0 Å². The van der Waals surface area contributed by atoms with E-state index < -0.39 is 30.5 Å². The van der Waals surface area contributed by atoms with Crippen molar-refractivity contribution in [3.63, 3.8) is 0 Å². The Morgan fingerprint density at radius 1 is 1.08 bits per heavy atom. The molecule has 0 saturated carbocycles. The fourth-order valence-electron chi connectivity index (χ4n) is 2.97. The minimum absolute atomic E-state index is 0.0572. The van der Waals surface area contributed by atoms with Crippen LogP contribution < -0.4 is 0 Å². The zero-order valence-corrected chi connectivity index (χ0v) is 14.3. The Morgan fingerprint density at radius 3 is 2.31 bits per heavy atom. The number of aryl methyl sites for hydroxylation is 1. The Hall–Kier alpha value is -3.02. The van der Waals surface area contributed by atoms with Crippen molar-refractivity contribution in [2.24, 2.45) is 0 Å². The van der Waals surface area contributed by atoms with E-state index in [1.807, 2.05) is 31.2 Å². The Balaban J connectivity index is 1.65. The van der Waals surface area contributed by atoms with E-state index in [2.05, 4.69) is 0 Å². The maximum atomic E-state index is 13.5. The molecule has 1 aliphatic heterocycles. The van der Waals surface area contributed by atoms with E-state index in [0.717, 1.165) is 16.0 Å². The maximum Gasteiger partial charge on any atom is 0.308 e. The number of hydrogen-bond donors (Lipinski definition) is 0. The average Bonchev–Trinajstić information content (AvgIpc) is 2.89. The van der Waals surface area contributed by atoms with Gasteiger partial charge in [0.25, 0.3) is 11.8 Å². The molecule has 0 bridgehead atoms. The number of benzene rings is 2. The standard InChI is InChI=1S/C20H18FNO4/c1-13-5-4-6-14(9-13)12-26-18(23)10-15(11-21)22-19(24)16-7-2-3-8-17(16)20(22)25/h2-9,15H,10-12H2,1H3/t15-/m0/s1. The lowest BCUT2D eigenvalue weighted by molar-refractivity contribution is -0.146. The van der Waals surface area contributed by atoms with Crippen molar-refractivity contribution in [3.8, 4) is 0 Å². The maximum absolute atomic E-state index is 13.5. The second kappa shape index (κ2) is 7.47. The summed E-state index contributed by atoms with van der Waals surface area (Å²) < 4.78 is 18.7. The highest BCUT2D eigenvalue weighted by Gasteiger charge is 2.40. The molecule has 0 spiro atoms. The molecule has 2 amide bonds. The van der Waals surface area contributed by atoms with Crippen LogP contribution in [0.2, 0.25) is 0 Å². The van der Waals surface area contributed by atoms with Crippen LogP contribution in [0.5, 0.6) is 0 Å². The van der Waals surface area contributed by atoms with Crippen LogP contribution in [0.15, 0.2) is 48.5 Å². The highest BCUT2D eigenvalue weighted by atomic mass is 19.1. The number of hydrogen-bond acceptors (Lipinski definition) is 4. The van der Waals surface area contributed by atoms with Crippen LogP contribution in [-0.2, 0) is 16.1 Å². The van der Waals surface area contributed by atoms with E-state index in [1.165, 1.54) is 12.1 Å². The predicted octanol–water partition coefficient (Wildman–Crippen LogP) is 3.06. The van der Waals surface area contributed by atoms with Gasteiger partial charge in [-0.1, -0.05) is 42.0 Å². The normalized spacial score (nSPS) is 14.3. The van der Waals surface area contributed by atoms with Crippen LogP contribution in [-0.4, -0.2) is 35.4 Å². The summed E-state index contributed by atoms with van der Waals surface area (Å²) in [4.78, 5) is 37.7. The van der Waals surface area contributed by atoms with Crippen LogP contribution in [0.25, 0.3) is 0 Å². The van der Waals surface area contributed by atoms with E-state index in [0.29, 0.717) is 0 Å². The van der Waals surface area contributed by atoms with Gasteiger partial charge in [0.1, 0.15) is 13.3 Å². The summed E-state index contributed by atoms with van der Waals surface area (Å²) in [6.45, 7) is 0.972. The summed E-state index contributed by atoms with van der Waals surface area (Å²) in [6.07, 6.45) is -0.381. The number of alkyl halides is 1. The van der Waals surface area contributed by atoms with Crippen molar-refractivity contribution >= 4 is 17.8 Å². The highest BCUT2D eigenvalue weighted by molar-refractivity contribution is 6.21. The van der Waals surface area contributed by atoms with E-state index in [-0.39, 0.29) is 24.2 Å². The number of fused-ring (bicyclic) bond motifs is 1. The summed E-state index contributed by atoms with van der Waals surface area (Å²) in [5.41, 5.74) is 2.30. The zero-order chi connectivity index (χ0) is 18.7. The van der Waals surface area contributed by atoms with Crippen LogP contribution in [0.1, 0.15) is 38.3 Å². The molecular formula is C20H18FNO4. The fourth-order valence-corrected chi connectivity index (χ4v) is 2.97. The lowest BCUT2D eigenvalue weighted by Crippen LogP contribution is -2.42. The number of halogens is 1. The summed E-state index contributed by atoms with van der Waals surface area (Å²) in [5.74, 6) is -1.83. The lowest BCUT2D eigenvalue weighted by Gasteiger charge is -2.22. The second-order valence-electron chi connectivity index (χ2n) is 6.19. The molecule has 0 unspecified atom stereocenters. The topological polar surface area (TPSA) is 63.7 Å². The van der Waals surface area contributed by atoms with Crippen molar-refractivity contribution in [3.05, 3.63) is 70.8 Å². The molecule has 5 nitrogen and oxygen atoms in total. The van der Waals surface area contributed by atoms with Gasteiger partial charge in [-0.25, -0.2) is 4.39 Å². The van der Waals surface area contributed by atoms with Crippen LogP contribution in [0, 0.1) is 6.92 Å². The van der Waals surface area contributed by atoms with Gasteiger partial charge in [0.15, 0.2) is 0 Å². The van der Waals surface area contributed by atoms with Gasteiger partial charge in [0.2, 0.25) is 0 Å². The molecule has 6 heteroatoms. The molecule has 1 heterocycles. The zero-order valence-electron chi connectivity index (χ0n) is 14.3. The Kier molecular flexibility index (Phi) is 5.11. The number of rotatable bonds is 6. The van der Waals surface area contributed by atoms with Gasteiger partial charge in [-0.3, -0.25) is 19.3 Å². The van der Waals surface area contributed by atoms with Gasteiger partial charge >= 0.3 is 5.97 Å². The van der Waals surface area contributed by atoms with Gasteiger partial charge in [0.05, 0.1) is 23.6 Å². The molecule has 2 aromatic carbocycles. The van der Waals surface area contributed by atoms with Crippen molar-refractivity contribution in [2.75, 3.05) is 6.67 Å². The van der Waals surface area contributed by atoms with Crippen molar-refractivity contribution < 1.29 is 23.5 Å². The number of imide groups is 1. The van der Waals surface area contributed by atoms with Gasteiger partial charge in [-0.05, 0) is 24.6 Å². The third kappa shape index (κ3) is 3.49. The molecule has 2 aromatic rings. The van der Waals surface area contributed by atoms with E-state index in [1.54, 1.807) is 12.1 Å². The first-order valence-electron chi connectivity index (χ1n) is 8.25. The Bertz CT molecular complexity index is 829. The first-order chi connectivity index (χ1) is 12.5. The summed E-state index contributed by atoms with van der Waals surface area (Å²) in [6, 6.07) is 12.6. The number of amides is 2. The Morgan fingerprint density at radius 2 is 1.73 bits per heavy atom.